The summed E-state index contributed by atoms with van der Waals surface area (Å²) in [6, 6.07) is 22.3. The Labute approximate surface area is 227 Å². The van der Waals surface area contributed by atoms with Crippen LogP contribution in [-0.4, -0.2) is 42.6 Å². The molecule has 3 aromatic rings. The molecule has 6 heteroatoms. The van der Waals surface area contributed by atoms with Crippen molar-refractivity contribution in [2.24, 2.45) is 16.6 Å². The van der Waals surface area contributed by atoms with Gasteiger partial charge in [0.25, 0.3) is 0 Å². The molecular formula is C32H41N5O. The first-order valence-electron chi connectivity index (χ1n) is 13.3. The fourth-order valence-corrected chi connectivity index (χ4v) is 4.80. The van der Waals surface area contributed by atoms with Crippen molar-refractivity contribution in [3.8, 4) is 0 Å². The topological polar surface area (TPSA) is 75.6 Å². The molecule has 1 aliphatic heterocycles. The van der Waals surface area contributed by atoms with Crippen LogP contribution in [0.1, 0.15) is 56.1 Å². The number of benzene rings is 2. The lowest BCUT2D eigenvalue weighted by Gasteiger charge is -2.41. The lowest BCUT2D eigenvalue weighted by atomic mass is 9.88. The van der Waals surface area contributed by atoms with Crippen LogP contribution in [0.15, 0.2) is 89.3 Å². The van der Waals surface area contributed by atoms with Gasteiger partial charge in [0, 0.05) is 31.4 Å². The monoisotopic (exact) mass is 511 g/mol. The van der Waals surface area contributed by atoms with Gasteiger partial charge in [-0.25, -0.2) is 0 Å². The summed E-state index contributed by atoms with van der Waals surface area (Å²) in [5.41, 5.74) is 12.3. The second-order valence-corrected chi connectivity index (χ2v) is 9.52. The quantitative estimate of drug-likeness (QED) is 0.325. The summed E-state index contributed by atoms with van der Waals surface area (Å²) in [6.07, 6.45) is 1.89. The lowest BCUT2D eigenvalue weighted by Crippen LogP contribution is -2.39. The van der Waals surface area contributed by atoms with Gasteiger partial charge in [-0.15, -0.1) is 0 Å². The Morgan fingerprint density at radius 1 is 1.08 bits per heavy atom. The van der Waals surface area contributed by atoms with Gasteiger partial charge in [-0.2, -0.15) is 0 Å². The summed E-state index contributed by atoms with van der Waals surface area (Å²) in [5, 5.41) is 2.95. The van der Waals surface area contributed by atoms with E-state index in [1.54, 1.807) is 13.1 Å². The molecule has 0 aliphatic carbocycles. The second-order valence-electron chi connectivity index (χ2n) is 9.52. The first-order valence-corrected chi connectivity index (χ1v) is 13.3. The minimum Gasteiger partial charge on any atom is -0.383 e. The number of aromatic nitrogens is 1. The molecule has 2 heterocycles. The van der Waals surface area contributed by atoms with Crippen LogP contribution in [0.3, 0.4) is 0 Å². The molecule has 0 saturated heterocycles. The molecule has 0 saturated carbocycles. The Balaban J connectivity index is 0.00000195. The fourth-order valence-electron chi connectivity index (χ4n) is 4.80. The van der Waals surface area contributed by atoms with Crippen molar-refractivity contribution in [1.29, 1.82) is 0 Å². The summed E-state index contributed by atoms with van der Waals surface area (Å²) < 4.78 is 2.21. The van der Waals surface area contributed by atoms with E-state index in [-0.39, 0.29) is 17.3 Å². The van der Waals surface area contributed by atoms with Crippen molar-refractivity contribution in [1.82, 2.24) is 14.8 Å². The lowest BCUT2D eigenvalue weighted by molar-refractivity contribution is 0.270. The molecule has 1 aliphatic rings. The molecule has 0 fully saturated rings. The first-order chi connectivity index (χ1) is 18.3. The maximum absolute atomic E-state index is 13.4. The SMILES string of the molecule is C=C(/C(=C1/c2cc(=O)c(/C(N)=N/CNC)cn2[C@H](C(C)C)CN1C)c1ccccc1)c1ccccc1.CC. The van der Waals surface area contributed by atoms with Crippen molar-refractivity contribution >= 4 is 22.7 Å². The van der Waals surface area contributed by atoms with E-state index in [2.05, 4.69) is 71.5 Å². The van der Waals surface area contributed by atoms with Crippen LogP contribution < -0.4 is 16.5 Å². The van der Waals surface area contributed by atoms with Crippen molar-refractivity contribution in [2.45, 2.75) is 33.7 Å². The number of aliphatic imine (C=N–C) groups is 1. The third kappa shape index (κ3) is 5.97. The first kappa shape index (κ1) is 28.7. The van der Waals surface area contributed by atoms with E-state index < -0.39 is 0 Å². The van der Waals surface area contributed by atoms with Gasteiger partial charge >= 0.3 is 0 Å². The highest BCUT2D eigenvalue weighted by Gasteiger charge is 2.32. The minimum absolute atomic E-state index is 0.147. The molecule has 1 aromatic heterocycles. The molecule has 0 spiro atoms. The zero-order valence-electron chi connectivity index (χ0n) is 23.5. The van der Waals surface area contributed by atoms with Crippen LogP contribution >= 0.6 is 0 Å². The van der Waals surface area contributed by atoms with Crippen LogP contribution in [-0.2, 0) is 0 Å². The van der Waals surface area contributed by atoms with Gasteiger partial charge in [0.2, 0.25) is 0 Å². The number of pyridine rings is 1. The predicted octanol–water partition coefficient (Wildman–Crippen LogP) is 5.48. The number of hydrogen-bond acceptors (Lipinski definition) is 4. The Morgan fingerprint density at radius 3 is 2.21 bits per heavy atom. The number of rotatable bonds is 7. The average Bonchev–Trinajstić information content (AvgIpc) is 2.94. The number of likely N-dealkylation sites (N-methyl/N-ethyl adjacent to an activating group) is 1. The van der Waals surface area contributed by atoms with Crippen molar-refractivity contribution in [3.05, 3.63) is 112 Å². The van der Waals surface area contributed by atoms with Crippen LogP contribution in [0.25, 0.3) is 16.8 Å². The Morgan fingerprint density at radius 2 is 1.66 bits per heavy atom. The summed E-state index contributed by atoms with van der Waals surface area (Å²) in [6.45, 7) is 14.1. The van der Waals surface area contributed by atoms with Crippen LogP contribution in [0.5, 0.6) is 0 Å². The predicted molar refractivity (Wildman–Crippen MR) is 162 cm³/mol. The van der Waals surface area contributed by atoms with Crippen LogP contribution in [0.2, 0.25) is 0 Å². The highest BCUT2D eigenvalue weighted by molar-refractivity contribution is 6.13. The number of allylic oxidation sites excluding steroid dienone is 2. The molecule has 38 heavy (non-hydrogen) atoms. The summed E-state index contributed by atoms with van der Waals surface area (Å²) in [5.74, 6) is 0.588. The van der Waals surface area contributed by atoms with E-state index >= 15 is 0 Å². The van der Waals surface area contributed by atoms with E-state index in [1.807, 2.05) is 56.4 Å². The van der Waals surface area contributed by atoms with Crippen LogP contribution in [0.4, 0.5) is 0 Å². The van der Waals surface area contributed by atoms with E-state index in [4.69, 9.17) is 5.73 Å². The number of hydrogen-bond donors (Lipinski definition) is 2. The summed E-state index contributed by atoms with van der Waals surface area (Å²) >= 11 is 0. The molecule has 6 nitrogen and oxygen atoms in total. The number of nitrogens with one attached hydrogen (secondary N) is 1. The van der Waals surface area contributed by atoms with Gasteiger partial charge in [-0.05, 0) is 29.7 Å². The third-order valence-corrected chi connectivity index (χ3v) is 6.70. The van der Waals surface area contributed by atoms with E-state index in [0.29, 0.717) is 18.2 Å². The molecular weight excluding hydrogens is 470 g/mol. The zero-order chi connectivity index (χ0) is 27.8. The van der Waals surface area contributed by atoms with Crippen molar-refractivity contribution in [3.63, 3.8) is 0 Å². The molecule has 0 radical (unpaired) electrons. The van der Waals surface area contributed by atoms with Gasteiger partial charge in [0.15, 0.2) is 5.43 Å². The van der Waals surface area contributed by atoms with Gasteiger partial charge in [-0.1, -0.05) is 94.9 Å². The van der Waals surface area contributed by atoms with Crippen LogP contribution in [0, 0.1) is 5.92 Å². The highest BCUT2D eigenvalue weighted by Crippen LogP contribution is 2.41. The summed E-state index contributed by atoms with van der Waals surface area (Å²) in [7, 11) is 3.89. The molecule has 1 atom stereocenters. The maximum Gasteiger partial charge on any atom is 0.193 e. The second kappa shape index (κ2) is 13.1. The molecule has 0 amide bonds. The van der Waals surface area contributed by atoms with E-state index in [1.165, 1.54) is 0 Å². The minimum atomic E-state index is -0.147. The largest absolute Gasteiger partial charge is 0.383 e. The van der Waals surface area contributed by atoms with Gasteiger partial charge in [0.05, 0.1) is 29.7 Å². The molecule has 0 bridgehead atoms. The maximum atomic E-state index is 13.4. The van der Waals surface area contributed by atoms with Gasteiger partial charge < -0.3 is 20.5 Å². The Kier molecular flexibility index (Phi) is 9.85. The Bertz CT molecular complexity index is 1350. The van der Waals surface area contributed by atoms with Crippen molar-refractivity contribution in [2.75, 3.05) is 27.3 Å². The number of fused-ring (bicyclic) bond motifs is 1. The molecule has 0 unspecified atom stereocenters. The molecule has 3 N–H and O–H groups in total. The normalized spacial score (nSPS) is 16.4. The van der Waals surface area contributed by atoms with E-state index in [9.17, 15) is 4.79 Å². The van der Waals surface area contributed by atoms with Crippen molar-refractivity contribution < 1.29 is 0 Å². The smallest absolute Gasteiger partial charge is 0.193 e. The van der Waals surface area contributed by atoms with E-state index in [0.717, 1.165) is 40.2 Å². The molecule has 200 valence electrons. The summed E-state index contributed by atoms with van der Waals surface area (Å²) in [4.78, 5) is 19.9. The third-order valence-electron chi connectivity index (χ3n) is 6.70. The Hall–Kier alpha value is -3.90. The number of amidine groups is 1. The van der Waals surface area contributed by atoms with Gasteiger partial charge in [0.1, 0.15) is 5.84 Å². The standard InChI is InChI=1S/C30H35N5O.C2H6/c1-20(2)26-18-34(5)29(25-16-27(36)24(17-35(25)26)30(31)33-19-32-4)28(23-14-10-7-11-15-23)21(3)22-12-8-6-9-13-22;1-2/h6-17,20,26,32H,3,18-19H2,1-2,4-5H3,(H2,31,33);1-2H3/b29-28+;/t26-;/m0./s1. The fraction of sp³-hybridized carbons (Fsp3) is 0.312. The van der Waals surface area contributed by atoms with Gasteiger partial charge in [-0.3, -0.25) is 9.79 Å². The molecule has 2 aromatic carbocycles. The zero-order valence-corrected chi connectivity index (χ0v) is 23.5. The highest BCUT2D eigenvalue weighted by atomic mass is 16.1. The molecule has 4 rings (SSSR count). The number of nitrogens with two attached hydrogens (primary N) is 1. The average molecular weight is 512 g/mol. The number of nitrogens with zero attached hydrogens (tertiary/aromatic N) is 3.